The van der Waals surface area contributed by atoms with Crippen LogP contribution in [0.4, 0.5) is 0 Å². The summed E-state index contributed by atoms with van der Waals surface area (Å²) in [7, 11) is 0. The largest absolute Gasteiger partial charge is 0.480 e. The fraction of sp³-hybridized carbons (Fsp3) is 0.500. The molecule has 2 aromatic heterocycles. The molecule has 1 fully saturated rings. The van der Waals surface area contributed by atoms with E-state index >= 15 is 0 Å². The van der Waals surface area contributed by atoms with Crippen molar-refractivity contribution in [2.75, 3.05) is 6.54 Å². The number of benzene rings is 1. The van der Waals surface area contributed by atoms with E-state index in [4.69, 9.17) is 9.52 Å². The number of ketones is 1. The highest BCUT2D eigenvalue weighted by molar-refractivity contribution is 6.01. The maximum atomic E-state index is 13.7. The maximum absolute atomic E-state index is 13.7. The number of carboxylic acid groups (broad SMARTS) is 1. The Morgan fingerprint density at radius 2 is 1.67 bits per heavy atom. The number of carbonyl (C=O) groups is 5. The number of aromatic nitrogens is 4. The van der Waals surface area contributed by atoms with Crippen molar-refractivity contribution in [3.8, 4) is 0 Å². The summed E-state index contributed by atoms with van der Waals surface area (Å²) in [6.45, 7) is 6.85. The van der Waals surface area contributed by atoms with Crippen LogP contribution in [0.5, 0.6) is 0 Å². The number of aryl methyl sites for hydroxylation is 1. The Morgan fingerprint density at radius 3 is 2.30 bits per heavy atom. The Bertz CT molecular complexity index is 1760. The lowest BCUT2D eigenvalue weighted by Gasteiger charge is -2.31. The molecule has 0 aliphatic carbocycles. The number of carboxylic acids is 1. The van der Waals surface area contributed by atoms with Gasteiger partial charge in [-0.05, 0) is 43.7 Å². The zero-order valence-electron chi connectivity index (χ0n) is 26.2. The predicted molar refractivity (Wildman–Crippen MR) is 162 cm³/mol. The summed E-state index contributed by atoms with van der Waals surface area (Å²) < 4.78 is 6.73. The monoisotopic (exact) mass is 639 g/mol. The van der Waals surface area contributed by atoms with Crippen LogP contribution >= 0.6 is 0 Å². The molecule has 0 bridgehead atoms. The highest BCUT2D eigenvalue weighted by Gasteiger charge is 2.40. The zero-order chi connectivity index (χ0) is 33.9. The number of hydrogen-bond acceptors (Lipinski definition) is 10. The van der Waals surface area contributed by atoms with E-state index in [9.17, 15) is 33.6 Å². The molecule has 3 aromatic rings. The van der Waals surface area contributed by atoms with Crippen LogP contribution in [-0.2, 0) is 32.3 Å². The molecule has 4 rings (SSSR count). The van der Waals surface area contributed by atoms with Crippen LogP contribution in [0.3, 0.4) is 0 Å². The lowest BCUT2D eigenvalue weighted by atomic mass is 9.98. The Kier molecular flexibility index (Phi) is 10.2. The summed E-state index contributed by atoms with van der Waals surface area (Å²) in [5.41, 5.74) is -1.24. The van der Waals surface area contributed by atoms with Gasteiger partial charge in [-0.15, -0.1) is 0 Å². The second kappa shape index (κ2) is 13.9. The van der Waals surface area contributed by atoms with Crippen LogP contribution < -0.4 is 21.9 Å². The minimum atomic E-state index is -1.43. The van der Waals surface area contributed by atoms with Gasteiger partial charge in [0.15, 0.2) is 5.58 Å². The van der Waals surface area contributed by atoms with E-state index in [1.54, 1.807) is 52.0 Å². The van der Waals surface area contributed by atoms with E-state index in [1.807, 2.05) is 0 Å². The molecule has 0 spiro atoms. The van der Waals surface area contributed by atoms with E-state index in [0.29, 0.717) is 33.2 Å². The molecule has 3 heterocycles. The molecule has 16 heteroatoms. The fourth-order valence-electron chi connectivity index (χ4n) is 5.31. The molecule has 1 aliphatic heterocycles. The highest BCUT2D eigenvalue weighted by Crippen LogP contribution is 2.22. The van der Waals surface area contributed by atoms with Gasteiger partial charge in [0.2, 0.25) is 23.5 Å². The molecule has 0 saturated carbocycles. The van der Waals surface area contributed by atoms with Crippen LogP contribution in [-0.4, -0.2) is 83.5 Å². The van der Waals surface area contributed by atoms with E-state index < -0.39 is 77.9 Å². The summed E-state index contributed by atoms with van der Waals surface area (Å²) in [6.07, 6.45) is 0.847. The number of amides is 3. The third-order valence-corrected chi connectivity index (χ3v) is 7.70. The van der Waals surface area contributed by atoms with E-state index in [1.165, 1.54) is 11.8 Å². The first-order valence-electron chi connectivity index (χ1n) is 14.9. The van der Waals surface area contributed by atoms with E-state index in [0.717, 1.165) is 0 Å². The van der Waals surface area contributed by atoms with Crippen molar-refractivity contribution in [1.82, 2.24) is 34.9 Å². The fourth-order valence-corrected chi connectivity index (χ4v) is 5.31. The van der Waals surface area contributed by atoms with Crippen LogP contribution in [0.15, 0.2) is 38.3 Å². The van der Waals surface area contributed by atoms with Crippen molar-refractivity contribution in [3.63, 3.8) is 0 Å². The van der Waals surface area contributed by atoms with Crippen molar-refractivity contribution in [1.29, 1.82) is 0 Å². The number of likely N-dealkylation sites (tertiary alicyclic amines) is 1. The third-order valence-electron chi connectivity index (χ3n) is 7.70. The number of oxazole rings is 1. The number of Topliss-reactive ketones (excluding diaryl/α,β-unsaturated/α-hetero) is 1. The van der Waals surface area contributed by atoms with Gasteiger partial charge >= 0.3 is 11.7 Å². The minimum Gasteiger partial charge on any atom is -0.480 e. The molecule has 3 N–H and O–H groups in total. The minimum absolute atomic E-state index is 0.135. The quantitative estimate of drug-likeness (QED) is 0.226. The van der Waals surface area contributed by atoms with Crippen LogP contribution in [0.2, 0.25) is 0 Å². The van der Waals surface area contributed by atoms with Crippen LogP contribution in [0.1, 0.15) is 56.9 Å². The van der Waals surface area contributed by atoms with Gasteiger partial charge in [0.1, 0.15) is 36.4 Å². The molecular formula is C30H37N7O9. The highest BCUT2D eigenvalue weighted by atomic mass is 16.4. The summed E-state index contributed by atoms with van der Waals surface area (Å²) in [5, 5.41) is 18.2. The molecule has 0 unspecified atom stereocenters. The van der Waals surface area contributed by atoms with Crippen molar-refractivity contribution < 1.29 is 33.5 Å². The normalized spacial score (nSPS) is 16.1. The van der Waals surface area contributed by atoms with Gasteiger partial charge in [-0.25, -0.2) is 19.0 Å². The molecule has 3 atom stereocenters. The Balaban J connectivity index is 1.48. The van der Waals surface area contributed by atoms with E-state index in [-0.39, 0.29) is 24.0 Å². The van der Waals surface area contributed by atoms with Gasteiger partial charge in [0.05, 0.1) is 6.04 Å². The zero-order valence-corrected chi connectivity index (χ0v) is 26.2. The molecule has 16 nitrogen and oxygen atoms in total. The third kappa shape index (κ3) is 7.21. The SMILES string of the molecule is Cc1nn(CC(=O)N[C@H](C(=O)N2CCC[C@H]2C(=O)N[C@H](C(=O)c2nc3ccccc3o2)C(C)C)C(C)C)c(=O)n(CC(=O)O)c1=O. The number of rotatable bonds is 12. The Labute approximate surface area is 262 Å². The molecule has 1 saturated heterocycles. The predicted octanol–water partition coefficient (Wildman–Crippen LogP) is 0.0947. The number of fused-ring (bicyclic) bond motifs is 1. The lowest BCUT2D eigenvalue weighted by Crippen LogP contribution is -2.57. The first kappa shape index (κ1) is 33.7. The second-order valence-corrected chi connectivity index (χ2v) is 11.9. The Morgan fingerprint density at radius 1 is 1.00 bits per heavy atom. The van der Waals surface area contributed by atoms with Gasteiger partial charge in [-0.2, -0.15) is 5.10 Å². The van der Waals surface area contributed by atoms with Crippen molar-refractivity contribution in [2.24, 2.45) is 11.8 Å². The molecule has 1 aliphatic rings. The number of nitrogens with one attached hydrogen (secondary N) is 2. The summed E-state index contributed by atoms with van der Waals surface area (Å²) in [5.74, 6) is -4.67. The number of aliphatic carboxylic acids is 1. The van der Waals surface area contributed by atoms with Crippen molar-refractivity contribution in [2.45, 2.75) is 78.7 Å². The standard InChI is InChI=1S/C30H37N7O9/c1-15(2)23(25(41)27-31-18-9-6-7-11-20(18)46-27)33-26(42)19-10-8-12-35(19)29(44)24(16(3)4)32-21(38)13-37-30(45)36(14-22(39)40)28(43)17(5)34-37/h6-7,9,11,15-16,19,23-24H,8,10,12-14H2,1-5H3,(H,32,38)(H,33,42)(H,39,40)/t19-,23-,24-/m0/s1. The molecule has 0 radical (unpaired) electrons. The molecule has 46 heavy (non-hydrogen) atoms. The van der Waals surface area contributed by atoms with Crippen molar-refractivity contribution >= 4 is 40.6 Å². The average molecular weight is 640 g/mol. The van der Waals surface area contributed by atoms with E-state index in [2.05, 4.69) is 20.7 Å². The van der Waals surface area contributed by atoms with Gasteiger partial charge in [-0.3, -0.25) is 28.8 Å². The summed E-state index contributed by atoms with van der Waals surface area (Å²) in [6, 6.07) is 3.93. The summed E-state index contributed by atoms with van der Waals surface area (Å²) >= 11 is 0. The first-order chi connectivity index (χ1) is 21.7. The lowest BCUT2D eigenvalue weighted by molar-refractivity contribution is -0.142. The van der Waals surface area contributed by atoms with Crippen LogP contribution in [0, 0.1) is 18.8 Å². The maximum Gasteiger partial charge on any atom is 0.348 e. The molecule has 3 amide bonds. The van der Waals surface area contributed by atoms with Gasteiger partial charge in [0.25, 0.3) is 11.4 Å². The smallest absolute Gasteiger partial charge is 0.348 e. The van der Waals surface area contributed by atoms with Gasteiger partial charge in [0, 0.05) is 6.54 Å². The first-order valence-corrected chi connectivity index (χ1v) is 14.9. The molecule has 246 valence electrons. The van der Waals surface area contributed by atoms with Gasteiger partial charge in [-0.1, -0.05) is 39.8 Å². The number of para-hydroxylation sites is 2. The topological polar surface area (TPSA) is 216 Å². The molecular weight excluding hydrogens is 602 g/mol. The average Bonchev–Trinajstić information content (AvgIpc) is 3.66. The van der Waals surface area contributed by atoms with Crippen molar-refractivity contribution in [3.05, 3.63) is 56.7 Å². The number of nitrogens with zero attached hydrogens (tertiary/aromatic N) is 5. The number of carbonyl (C=O) groups excluding carboxylic acids is 4. The second-order valence-electron chi connectivity index (χ2n) is 11.9. The number of hydrogen-bond donors (Lipinski definition) is 3. The van der Waals surface area contributed by atoms with Gasteiger partial charge < -0.3 is 25.1 Å². The molecule has 1 aromatic carbocycles. The van der Waals surface area contributed by atoms with Crippen LogP contribution in [0.25, 0.3) is 11.1 Å². The Hall–Kier alpha value is -5.15. The summed E-state index contributed by atoms with van der Waals surface area (Å²) in [4.78, 5) is 95.3.